The average Bonchev–Trinajstić information content (AvgIpc) is 2.19. The second kappa shape index (κ2) is 4.03. The third-order valence-corrected chi connectivity index (χ3v) is 2.83. The number of aliphatic hydroxyl groups is 1. The number of aliphatic hydroxyl groups excluding tert-OH is 1. The molecular formula is C12H15NO2. The normalized spacial score (nSPS) is 20.0. The largest absolute Gasteiger partial charge is 0.394 e. The zero-order valence-corrected chi connectivity index (χ0v) is 8.73. The monoisotopic (exact) mass is 205 g/mol. The predicted molar refractivity (Wildman–Crippen MR) is 57.6 cm³/mol. The number of amides is 1. The average molecular weight is 205 g/mol. The van der Waals surface area contributed by atoms with Crippen molar-refractivity contribution in [2.24, 2.45) is 0 Å². The summed E-state index contributed by atoms with van der Waals surface area (Å²) in [5, 5.41) is 11.6. The molecule has 0 fully saturated rings. The smallest absolute Gasteiger partial charge is 0.228 e. The molecule has 1 aliphatic rings. The van der Waals surface area contributed by atoms with Crippen LogP contribution in [0.1, 0.15) is 24.0 Å². The molecule has 1 aromatic rings. The lowest BCUT2D eigenvalue weighted by molar-refractivity contribution is -0.124. The van der Waals surface area contributed by atoms with Crippen LogP contribution in [0.2, 0.25) is 0 Å². The summed E-state index contributed by atoms with van der Waals surface area (Å²) in [5.41, 5.74) is 2.38. The standard InChI is InChI=1S/C12H15NO2/c1-8(7-14)13-12(15)11-6-9-4-2-3-5-10(9)11/h2-5,8,11,14H,6-7H2,1H3,(H,13,15)/t8-,11?/m1/s1. The van der Waals surface area contributed by atoms with Crippen LogP contribution in [0.4, 0.5) is 0 Å². The Morgan fingerprint density at radius 1 is 1.60 bits per heavy atom. The van der Waals surface area contributed by atoms with Gasteiger partial charge in [0.15, 0.2) is 0 Å². The quantitative estimate of drug-likeness (QED) is 0.767. The van der Waals surface area contributed by atoms with Crippen molar-refractivity contribution in [1.29, 1.82) is 0 Å². The SMILES string of the molecule is C[C@H](CO)NC(=O)C1Cc2ccccc21. The van der Waals surface area contributed by atoms with Gasteiger partial charge in [-0.2, -0.15) is 0 Å². The van der Waals surface area contributed by atoms with E-state index in [2.05, 4.69) is 11.4 Å². The first-order valence-electron chi connectivity index (χ1n) is 5.21. The van der Waals surface area contributed by atoms with Gasteiger partial charge in [0.05, 0.1) is 12.5 Å². The molecule has 2 rings (SSSR count). The second-order valence-corrected chi connectivity index (χ2v) is 4.05. The Morgan fingerprint density at radius 3 is 3.00 bits per heavy atom. The Labute approximate surface area is 89.1 Å². The van der Waals surface area contributed by atoms with Gasteiger partial charge in [0.1, 0.15) is 0 Å². The molecule has 0 spiro atoms. The molecule has 3 heteroatoms. The first-order chi connectivity index (χ1) is 7.22. The fraction of sp³-hybridized carbons (Fsp3) is 0.417. The first kappa shape index (κ1) is 10.2. The van der Waals surface area contributed by atoms with Gasteiger partial charge >= 0.3 is 0 Å². The van der Waals surface area contributed by atoms with Gasteiger partial charge in [0.25, 0.3) is 0 Å². The van der Waals surface area contributed by atoms with E-state index in [4.69, 9.17) is 5.11 Å². The van der Waals surface area contributed by atoms with Gasteiger partial charge in [-0.3, -0.25) is 4.79 Å². The van der Waals surface area contributed by atoms with E-state index >= 15 is 0 Å². The lowest BCUT2D eigenvalue weighted by Gasteiger charge is -2.29. The van der Waals surface area contributed by atoms with Gasteiger partial charge in [0, 0.05) is 6.04 Å². The highest BCUT2D eigenvalue weighted by atomic mass is 16.3. The molecule has 1 aliphatic carbocycles. The molecule has 0 aliphatic heterocycles. The van der Waals surface area contributed by atoms with Gasteiger partial charge in [-0.1, -0.05) is 24.3 Å². The Balaban J connectivity index is 2.01. The van der Waals surface area contributed by atoms with Crippen LogP contribution in [-0.4, -0.2) is 23.7 Å². The summed E-state index contributed by atoms with van der Waals surface area (Å²) in [6, 6.07) is 7.82. The van der Waals surface area contributed by atoms with E-state index in [-0.39, 0.29) is 24.5 Å². The van der Waals surface area contributed by atoms with Crippen LogP contribution < -0.4 is 5.32 Å². The van der Waals surface area contributed by atoms with Gasteiger partial charge in [-0.15, -0.1) is 0 Å². The summed E-state index contributed by atoms with van der Waals surface area (Å²) < 4.78 is 0. The Hall–Kier alpha value is -1.35. The molecule has 0 bridgehead atoms. The van der Waals surface area contributed by atoms with Gasteiger partial charge in [0.2, 0.25) is 5.91 Å². The minimum absolute atomic E-state index is 0.0138. The van der Waals surface area contributed by atoms with Crippen LogP contribution in [0.15, 0.2) is 24.3 Å². The van der Waals surface area contributed by atoms with Crippen LogP contribution in [0, 0.1) is 0 Å². The van der Waals surface area contributed by atoms with Crippen molar-refractivity contribution in [3.63, 3.8) is 0 Å². The fourth-order valence-electron chi connectivity index (χ4n) is 1.88. The molecule has 0 saturated carbocycles. The predicted octanol–water partition coefficient (Wildman–Crippen LogP) is 0.823. The van der Waals surface area contributed by atoms with E-state index in [9.17, 15) is 4.79 Å². The molecule has 0 radical (unpaired) electrons. The van der Waals surface area contributed by atoms with Crippen molar-refractivity contribution < 1.29 is 9.90 Å². The molecule has 1 aromatic carbocycles. The summed E-state index contributed by atoms with van der Waals surface area (Å²) in [6.45, 7) is 1.78. The van der Waals surface area contributed by atoms with Crippen molar-refractivity contribution in [3.05, 3.63) is 35.4 Å². The number of benzene rings is 1. The molecule has 2 N–H and O–H groups in total. The highest BCUT2D eigenvalue weighted by Gasteiger charge is 2.31. The summed E-state index contributed by atoms with van der Waals surface area (Å²) in [4.78, 5) is 11.7. The van der Waals surface area contributed by atoms with Crippen molar-refractivity contribution >= 4 is 5.91 Å². The second-order valence-electron chi connectivity index (χ2n) is 4.05. The number of hydrogen-bond donors (Lipinski definition) is 2. The minimum Gasteiger partial charge on any atom is -0.394 e. The van der Waals surface area contributed by atoms with E-state index in [0.717, 1.165) is 12.0 Å². The van der Waals surface area contributed by atoms with E-state index in [1.165, 1.54) is 5.56 Å². The number of rotatable bonds is 3. The van der Waals surface area contributed by atoms with Gasteiger partial charge < -0.3 is 10.4 Å². The minimum atomic E-state index is -0.162. The maximum Gasteiger partial charge on any atom is 0.228 e. The fourth-order valence-corrected chi connectivity index (χ4v) is 1.88. The summed E-state index contributed by atoms with van der Waals surface area (Å²) in [5.74, 6) is 0.00505. The highest BCUT2D eigenvalue weighted by Crippen LogP contribution is 2.34. The van der Waals surface area contributed by atoms with Crippen molar-refractivity contribution in [2.45, 2.75) is 25.3 Å². The number of carbonyl (C=O) groups is 1. The molecule has 2 atom stereocenters. The van der Waals surface area contributed by atoms with Crippen LogP contribution in [0.3, 0.4) is 0 Å². The molecule has 1 amide bonds. The molecule has 0 heterocycles. The van der Waals surface area contributed by atoms with Crippen LogP contribution in [0.5, 0.6) is 0 Å². The van der Waals surface area contributed by atoms with Crippen LogP contribution >= 0.6 is 0 Å². The van der Waals surface area contributed by atoms with E-state index < -0.39 is 0 Å². The zero-order valence-electron chi connectivity index (χ0n) is 8.73. The van der Waals surface area contributed by atoms with E-state index in [1.807, 2.05) is 18.2 Å². The molecule has 0 saturated heterocycles. The summed E-state index contributed by atoms with van der Waals surface area (Å²) >= 11 is 0. The Bertz CT molecular complexity index is 376. The summed E-state index contributed by atoms with van der Waals surface area (Å²) in [6.07, 6.45) is 0.820. The first-order valence-corrected chi connectivity index (χ1v) is 5.21. The Kier molecular flexibility index (Phi) is 2.73. The van der Waals surface area contributed by atoms with Crippen LogP contribution in [0.25, 0.3) is 0 Å². The third-order valence-electron chi connectivity index (χ3n) is 2.83. The molecule has 3 nitrogen and oxygen atoms in total. The third kappa shape index (κ3) is 1.88. The van der Waals surface area contributed by atoms with Crippen molar-refractivity contribution in [1.82, 2.24) is 5.32 Å². The maximum absolute atomic E-state index is 11.7. The van der Waals surface area contributed by atoms with Crippen molar-refractivity contribution in [3.8, 4) is 0 Å². The van der Waals surface area contributed by atoms with Gasteiger partial charge in [-0.05, 0) is 24.5 Å². The summed E-state index contributed by atoms with van der Waals surface area (Å²) in [7, 11) is 0. The number of nitrogens with one attached hydrogen (secondary N) is 1. The number of carbonyl (C=O) groups excluding carboxylic acids is 1. The topological polar surface area (TPSA) is 49.3 Å². The molecular weight excluding hydrogens is 190 g/mol. The number of fused-ring (bicyclic) bond motifs is 1. The zero-order chi connectivity index (χ0) is 10.8. The molecule has 1 unspecified atom stereocenters. The van der Waals surface area contributed by atoms with Gasteiger partial charge in [-0.25, -0.2) is 0 Å². The molecule has 15 heavy (non-hydrogen) atoms. The van der Waals surface area contributed by atoms with E-state index in [0.29, 0.717) is 0 Å². The lowest BCUT2D eigenvalue weighted by Crippen LogP contribution is -2.41. The lowest BCUT2D eigenvalue weighted by atomic mass is 9.77. The molecule has 80 valence electrons. The highest BCUT2D eigenvalue weighted by molar-refractivity contribution is 5.87. The molecule has 0 aromatic heterocycles. The van der Waals surface area contributed by atoms with Crippen LogP contribution in [-0.2, 0) is 11.2 Å². The maximum atomic E-state index is 11.7. The van der Waals surface area contributed by atoms with E-state index in [1.54, 1.807) is 6.92 Å². The Morgan fingerprint density at radius 2 is 2.33 bits per heavy atom. The van der Waals surface area contributed by atoms with Crippen molar-refractivity contribution in [2.75, 3.05) is 6.61 Å². The number of hydrogen-bond acceptors (Lipinski definition) is 2.